The number of hydrogen-bond donors (Lipinski definition) is 0. The van der Waals surface area contributed by atoms with Crippen LogP contribution in [-0.2, 0) is 88.5 Å². The van der Waals surface area contributed by atoms with Crippen molar-refractivity contribution >= 4 is 45.2 Å². The van der Waals surface area contributed by atoms with E-state index in [1.54, 1.807) is 21.3 Å². The second-order valence-corrected chi connectivity index (χ2v) is 22.0. The van der Waals surface area contributed by atoms with E-state index in [0.29, 0.717) is 85.9 Å². The molecule has 0 atom stereocenters. The zero-order valence-corrected chi connectivity index (χ0v) is 46.3. The summed E-state index contributed by atoms with van der Waals surface area (Å²) in [5.41, 5.74) is 0. The molecule has 0 aromatic heterocycles. The van der Waals surface area contributed by atoms with Crippen LogP contribution in [-0.4, -0.2) is 181 Å². The Bertz CT molecular complexity index is 787. The number of hydrogen-bond acceptors (Lipinski definition) is 20. The van der Waals surface area contributed by atoms with Gasteiger partial charge >= 0.3 is 45.2 Å². The van der Waals surface area contributed by atoms with Gasteiger partial charge < -0.3 is 88.5 Å². The van der Waals surface area contributed by atoms with Crippen LogP contribution in [0.25, 0.3) is 0 Å². The van der Waals surface area contributed by atoms with Crippen molar-refractivity contribution in [1.82, 2.24) is 0 Å². The second kappa shape index (κ2) is 301. The van der Waals surface area contributed by atoms with Crippen molar-refractivity contribution in [1.29, 1.82) is 0 Å². The molecule has 0 N–H and O–H groups in total. The highest BCUT2D eigenvalue weighted by molar-refractivity contribution is 6.54. The molecular weight excluding hydrogens is 1480 g/mol. The molecule has 0 aromatic rings. The van der Waals surface area contributed by atoms with Crippen molar-refractivity contribution in [3.05, 3.63) is 0 Å². The molecule has 0 spiro atoms. The van der Waals surface area contributed by atoms with E-state index in [4.69, 9.17) is 88.5 Å². The molecular formula is C85H290O20Si5. The highest BCUT2D eigenvalue weighted by Gasteiger charge is 2.46. The minimum absolute atomic E-state index is 0. The van der Waals surface area contributed by atoms with Crippen LogP contribution in [0.5, 0.6) is 0 Å². The van der Waals surface area contributed by atoms with Gasteiger partial charge in [-0.15, -0.1) is 0 Å². The predicted molar refractivity (Wildman–Crippen MR) is 575 cm³/mol. The van der Waals surface area contributed by atoms with Gasteiger partial charge in [-0.1, -0.05) is 385 Å². The monoisotopic (exact) mass is 1770 g/mol. The Morgan fingerprint density at radius 3 is 0.300 bits per heavy atom. The van der Waals surface area contributed by atoms with E-state index >= 15 is 0 Å². The van der Waals surface area contributed by atoms with Crippen molar-refractivity contribution in [2.75, 3.05) is 136 Å². The van der Waals surface area contributed by atoms with Crippen LogP contribution in [0.1, 0.15) is 474 Å². The lowest BCUT2D eigenvalue weighted by Gasteiger charge is -2.26. The molecule has 0 saturated heterocycles. The van der Waals surface area contributed by atoms with Gasteiger partial charge in [0.1, 0.15) is 0 Å². The van der Waals surface area contributed by atoms with Crippen LogP contribution in [0.3, 0.4) is 0 Å². The summed E-state index contributed by atoms with van der Waals surface area (Å²) in [4.78, 5) is 0. The fraction of sp³-hybridized carbons (Fsp3) is 1.00. The van der Waals surface area contributed by atoms with Crippen LogP contribution >= 0.6 is 0 Å². The first-order valence-corrected chi connectivity index (χ1v) is 29.1. The predicted octanol–water partition coefficient (Wildman–Crippen LogP) is 37.7. The van der Waals surface area contributed by atoms with E-state index in [1.165, 1.54) is 28.4 Å². The minimum Gasteiger partial charge on any atom is -0.355 e. The van der Waals surface area contributed by atoms with E-state index in [0.717, 1.165) is 12.8 Å². The van der Waals surface area contributed by atoms with Crippen molar-refractivity contribution in [3.63, 3.8) is 0 Å². The van der Waals surface area contributed by atoms with Crippen LogP contribution in [0.4, 0.5) is 0 Å². The first-order valence-electron chi connectivity index (χ1n) is 20.9. The Labute approximate surface area is 739 Å². The zero-order valence-electron chi connectivity index (χ0n) is 41.3. The average Bonchev–Trinajstić information content (AvgIpc) is 3.24. The van der Waals surface area contributed by atoms with E-state index in [9.17, 15) is 0 Å². The van der Waals surface area contributed by atoms with Crippen LogP contribution in [0, 0.1) is 0 Å². The Morgan fingerprint density at radius 2 is 0.209 bits per heavy atom. The van der Waals surface area contributed by atoms with Crippen molar-refractivity contribution in [3.8, 4) is 0 Å². The third kappa shape index (κ3) is 220. The van der Waals surface area contributed by atoms with Crippen LogP contribution in [0.2, 0.25) is 0 Å². The molecule has 0 bridgehead atoms. The third-order valence-corrected chi connectivity index (χ3v) is 17.9. The van der Waals surface area contributed by atoms with Gasteiger partial charge in [0.05, 0.1) is 0 Å². The van der Waals surface area contributed by atoms with Crippen molar-refractivity contribution in [2.45, 2.75) is 474 Å². The van der Waals surface area contributed by atoms with Gasteiger partial charge in [-0.2, -0.15) is 0 Å². The Kier molecular flexibility index (Phi) is 1180. The standard InChI is InChI=1S/C9H22O4Si.C8H20O4Si.2C7H18O4Si.C4H12O4Si.50CH4/c1-5-9-13-14(10-6-2,11-7-3)12-8-4;1-5-9-13(10-6-2,11-7-3)12-8-4;1-5-7-11-12(8-3,9-4)10-6-2;1-5-9-12(8-4,10-6-2)11-7-3;1-5-9(6-2,7-3)8-4;;;;;;;;;;;;;;;;;;;;;;;;;;;;;;;;;;;;;;;;;;;;;;;;;;/h5-9H2,1-4H3;5-8H2,1-4H3;2*5-7H2,1-4H3;1-4H3;50*1H4. The van der Waals surface area contributed by atoms with Crippen molar-refractivity contribution < 1.29 is 88.5 Å². The minimum atomic E-state index is -2.82. The van der Waals surface area contributed by atoms with Crippen molar-refractivity contribution in [2.24, 2.45) is 0 Å². The summed E-state index contributed by atoms with van der Waals surface area (Å²) in [5.74, 6) is 0. The lowest BCUT2D eigenvalue weighted by Crippen LogP contribution is -2.49. The van der Waals surface area contributed by atoms with Gasteiger partial charge in [-0.3, -0.25) is 0 Å². The quantitative estimate of drug-likeness (QED) is 0.0545. The van der Waals surface area contributed by atoms with Gasteiger partial charge in [-0.25, -0.2) is 0 Å². The molecule has 0 rings (SSSR count). The molecule has 0 amide bonds. The summed E-state index contributed by atoms with van der Waals surface area (Å²) >= 11 is 0. The molecule has 0 aliphatic carbocycles. The normalized spacial score (nSPS) is 6.55. The SMILES string of the molecule is C.C.C.C.C.C.C.C.C.C.C.C.C.C.C.C.C.C.C.C.C.C.C.C.C.C.C.C.C.C.C.C.C.C.C.C.C.C.C.C.C.C.C.C.C.C.C.C.C.C.CCCO[Si](OC)(OC)OCC.CCCO[Si](OCC)(OCC)OCC.CCO[Si](OC)(OCC)OCC.CCO[Si](OCC)(OCC)OCC.CO[Si](OC)(OC)OC. The van der Waals surface area contributed by atoms with E-state index in [-0.39, 0.29) is 371 Å². The van der Waals surface area contributed by atoms with Gasteiger partial charge in [0, 0.05) is 136 Å². The maximum Gasteiger partial charge on any atom is 0.679 e. The maximum atomic E-state index is 5.57. The molecule has 110 heavy (non-hydrogen) atoms. The molecule has 0 fully saturated rings. The summed E-state index contributed by atoms with van der Waals surface area (Å²) in [7, 11) is -3.25. The maximum absolute atomic E-state index is 5.57. The fourth-order valence-electron chi connectivity index (χ4n) is 4.06. The molecule has 0 aliphatic heterocycles. The Morgan fingerprint density at radius 1 is 0.118 bits per heavy atom. The molecule has 0 aromatic carbocycles. The highest BCUT2D eigenvalue weighted by atomic mass is 28.4. The zero-order chi connectivity index (χ0) is 47.2. The van der Waals surface area contributed by atoms with E-state index in [1.807, 2.05) is 90.0 Å². The largest absolute Gasteiger partial charge is 0.679 e. The lowest BCUT2D eigenvalue weighted by molar-refractivity contribution is -0.0276. The van der Waals surface area contributed by atoms with Gasteiger partial charge in [-0.05, 0) is 89.0 Å². The van der Waals surface area contributed by atoms with Gasteiger partial charge in [0.2, 0.25) is 0 Å². The second-order valence-electron chi connectivity index (χ2n) is 10.4. The van der Waals surface area contributed by atoms with Gasteiger partial charge in [0.25, 0.3) is 0 Å². The first kappa shape index (κ1) is 431. The summed E-state index contributed by atoms with van der Waals surface area (Å²) < 4.78 is 105. The summed E-state index contributed by atoms with van der Waals surface area (Å²) in [6.45, 7) is 32.2. The summed E-state index contributed by atoms with van der Waals surface area (Å²) in [5, 5.41) is 0. The molecule has 0 radical (unpaired) electrons. The molecule has 0 saturated carbocycles. The smallest absolute Gasteiger partial charge is 0.355 e. The lowest BCUT2D eigenvalue weighted by atomic mass is 10.5. The molecule has 0 unspecified atom stereocenters. The van der Waals surface area contributed by atoms with E-state index < -0.39 is 45.2 Å². The summed E-state index contributed by atoms with van der Waals surface area (Å²) in [6.07, 6.45) is 1.86. The fourth-order valence-corrected chi connectivity index (χ4v) is 12.2. The molecule has 770 valence electrons. The molecule has 25 heteroatoms. The topological polar surface area (TPSA) is 185 Å². The highest BCUT2D eigenvalue weighted by Crippen LogP contribution is 2.14. The van der Waals surface area contributed by atoms with Gasteiger partial charge in [0.15, 0.2) is 0 Å². The first-order chi connectivity index (χ1) is 28.7. The summed E-state index contributed by atoms with van der Waals surface area (Å²) in [6, 6.07) is 0. The molecule has 0 heterocycles. The number of rotatable bonds is 35. The Balaban J connectivity index is -0.00000000584. The van der Waals surface area contributed by atoms with Crippen LogP contribution < -0.4 is 0 Å². The average molecular weight is 1770 g/mol. The molecule has 0 aliphatic rings. The molecule has 20 nitrogen and oxygen atoms in total. The van der Waals surface area contributed by atoms with E-state index in [2.05, 4.69) is 0 Å². The third-order valence-electron chi connectivity index (χ3n) is 6.25. The Hall–Kier alpha value is 0.284. The van der Waals surface area contributed by atoms with Crippen LogP contribution in [0.15, 0.2) is 0 Å².